The highest BCUT2D eigenvalue weighted by molar-refractivity contribution is 9.10. The second kappa shape index (κ2) is 6.50. The van der Waals surface area contributed by atoms with E-state index in [0.29, 0.717) is 11.6 Å². The van der Waals surface area contributed by atoms with Gasteiger partial charge in [0.2, 0.25) is 0 Å². The minimum Gasteiger partial charge on any atom is -0.466 e. The fourth-order valence-corrected chi connectivity index (χ4v) is 2.82. The predicted molar refractivity (Wildman–Crippen MR) is 80.6 cm³/mol. The largest absolute Gasteiger partial charge is 0.466 e. The summed E-state index contributed by atoms with van der Waals surface area (Å²) in [5, 5.41) is 3.39. The first kappa shape index (κ1) is 14.5. The third kappa shape index (κ3) is 3.78. The molecule has 0 saturated heterocycles. The highest BCUT2D eigenvalue weighted by Crippen LogP contribution is 2.30. The first-order valence-electron chi connectivity index (χ1n) is 5.65. The molecule has 0 spiro atoms. The van der Waals surface area contributed by atoms with E-state index in [1.54, 1.807) is 6.92 Å². The number of ether oxygens (including phenoxy) is 1. The first-order chi connectivity index (χ1) is 9.10. The summed E-state index contributed by atoms with van der Waals surface area (Å²) in [5.74, 6) is -0.253. The Kier molecular flexibility index (Phi) is 4.96. The lowest BCUT2D eigenvalue weighted by Gasteiger charge is -2.00. The summed E-state index contributed by atoms with van der Waals surface area (Å²) in [5.41, 5.74) is 1.70. The molecule has 1 aromatic heterocycles. The van der Waals surface area contributed by atoms with Crippen LogP contribution < -0.4 is 0 Å². The van der Waals surface area contributed by atoms with Crippen LogP contribution in [0.1, 0.15) is 12.6 Å². The zero-order valence-corrected chi connectivity index (χ0v) is 13.3. The van der Waals surface area contributed by atoms with E-state index in [-0.39, 0.29) is 12.4 Å². The van der Waals surface area contributed by atoms with Gasteiger partial charge in [-0.15, -0.1) is 11.3 Å². The van der Waals surface area contributed by atoms with Gasteiger partial charge in [-0.3, -0.25) is 4.79 Å². The third-order valence-corrected chi connectivity index (χ3v) is 4.50. The number of esters is 1. The molecule has 19 heavy (non-hydrogen) atoms. The van der Waals surface area contributed by atoms with Crippen LogP contribution in [0.4, 0.5) is 0 Å². The fraction of sp³-hybridized carbons (Fsp3) is 0.231. The topological polar surface area (TPSA) is 39.2 Å². The standard InChI is InChI=1S/C13H11BrClNO2S/c1-2-18-12(17)6-9-7-19-13(16-9)8-3-4-11(15)10(14)5-8/h3-5,7H,2,6H2,1H3. The van der Waals surface area contributed by atoms with Gasteiger partial charge in [0.1, 0.15) is 5.01 Å². The van der Waals surface area contributed by atoms with E-state index in [0.717, 1.165) is 20.7 Å². The Balaban J connectivity index is 2.16. The molecule has 0 N–H and O–H groups in total. The Morgan fingerprint density at radius 2 is 2.32 bits per heavy atom. The van der Waals surface area contributed by atoms with Gasteiger partial charge in [-0.05, 0) is 35.0 Å². The normalized spacial score (nSPS) is 10.5. The van der Waals surface area contributed by atoms with Crippen molar-refractivity contribution in [2.75, 3.05) is 6.61 Å². The van der Waals surface area contributed by atoms with Crippen LogP contribution in [0.25, 0.3) is 10.6 Å². The van der Waals surface area contributed by atoms with Gasteiger partial charge in [0, 0.05) is 15.4 Å². The molecule has 0 unspecified atom stereocenters. The highest BCUT2D eigenvalue weighted by atomic mass is 79.9. The minimum atomic E-state index is -0.253. The molecule has 100 valence electrons. The molecule has 0 saturated carbocycles. The summed E-state index contributed by atoms with van der Waals surface area (Å²) >= 11 is 10.8. The number of hydrogen-bond donors (Lipinski definition) is 0. The van der Waals surface area contributed by atoms with E-state index >= 15 is 0 Å². The molecule has 1 aromatic carbocycles. The van der Waals surface area contributed by atoms with E-state index in [1.807, 2.05) is 23.6 Å². The average molecular weight is 361 g/mol. The summed E-state index contributed by atoms with van der Waals surface area (Å²) in [6.07, 6.45) is 0.207. The predicted octanol–water partition coefficient (Wildman–Crippen LogP) is 4.33. The van der Waals surface area contributed by atoms with Gasteiger partial charge < -0.3 is 4.74 Å². The maximum absolute atomic E-state index is 11.4. The van der Waals surface area contributed by atoms with E-state index in [9.17, 15) is 4.79 Å². The van der Waals surface area contributed by atoms with Crippen molar-refractivity contribution in [2.45, 2.75) is 13.3 Å². The van der Waals surface area contributed by atoms with E-state index < -0.39 is 0 Å². The van der Waals surface area contributed by atoms with Crippen LogP contribution in [0.15, 0.2) is 28.1 Å². The third-order valence-electron chi connectivity index (χ3n) is 2.35. The van der Waals surface area contributed by atoms with Crippen LogP contribution in [0, 0.1) is 0 Å². The molecule has 0 fully saturated rings. The molecule has 0 aliphatic carbocycles. The van der Waals surface area contributed by atoms with Crippen LogP contribution in [0.5, 0.6) is 0 Å². The summed E-state index contributed by atoms with van der Waals surface area (Å²) < 4.78 is 5.72. The van der Waals surface area contributed by atoms with Crippen molar-refractivity contribution >= 4 is 44.8 Å². The molecule has 2 rings (SSSR count). The first-order valence-corrected chi connectivity index (χ1v) is 7.70. The van der Waals surface area contributed by atoms with Gasteiger partial charge in [-0.1, -0.05) is 17.7 Å². The van der Waals surface area contributed by atoms with E-state index in [1.165, 1.54) is 11.3 Å². The number of rotatable bonds is 4. The fourth-order valence-electron chi connectivity index (χ4n) is 1.51. The maximum atomic E-state index is 11.4. The van der Waals surface area contributed by atoms with Crippen molar-refractivity contribution in [3.05, 3.63) is 38.8 Å². The summed E-state index contributed by atoms with van der Waals surface area (Å²) in [6, 6.07) is 5.63. The van der Waals surface area contributed by atoms with Crippen molar-refractivity contribution in [1.82, 2.24) is 4.98 Å². The Morgan fingerprint density at radius 3 is 3.00 bits per heavy atom. The Labute approximate surface area is 128 Å². The quantitative estimate of drug-likeness (QED) is 0.762. The smallest absolute Gasteiger partial charge is 0.311 e. The van der Waals surface area contributed by atoms with Crippen LogP contribution in [0.3, 0.4) is 0 Å². The Hall–Kier alpha value is -0.910. The lowest BCUT2D eigenvalue weighted by Crippen LogP contribution is -2.07. The summed E-state index contributed by atoms with van der Waals surface area (Å²) in [7, 11) is 0. The molecule has 0 bridgehead atoms. The lowest BCUT2D eigenvalue weighted by molar-refractivity contribution is -0.142. The van der Waals surface area contributed by atoms with Crippen molar-refractivity contribution in [1.29, 1.82) is 0 Å². The molecule has 1 heterocycles. The van der Waals surface area contributed by atoms with Gasteiger partial charge in [-0.25, -0.2) is 4.98 Å². The highest BCUT2D eigenvalue weighted by Gasteiger charge is 2.10. The number of hydrogen-bond acceptors (Lipinski definition) is 4. The van der Waals surface area contributed by atoms with Gasteiger partial charge in [0.25, 0.3) is 0 Å². The number of carbonyl (C=O) groups is 1. The van der Waals surface area contributed by atoms with Crippen LogP contribution in [0.2, 0.25) is 5.02 Å². The summed E-state index contributed by atoms with van der Waals surface area (Å²) in [6.45, 7) is 2.18. The Bertz CT molecular complexity index is 600. The van der Waals surface area contributed by atoms with Crippen molar-refractivity contribution in [3.8, 4) is 10.6 Å². The lowest BCUT2D eigenvalue weighted by atomic mass is 10.2. The van der Waals surface area contributed by atoms with Gasteiger partial charge >= 0.3 is 5.97 Å². The van der Waals surface area contributed by atoms with Crippen molar-refractivity contribution in [3.63, 3.8) is 0 Å². The molecule has 3 nitrogen and oxygen atoms in total. The number of benzene rings is 1. The second-order valence-corrected chi connectivity index (χ2v) is 5.87. The number of carbonyl (C=O) groups excluding carboxylic acids is 1. The van der Waals surface area contributed by atoms with Crippen LogP contribution >= 0.6 is 38.9 Å². The number of thiazole rings is 1. The number of halogens is 2. The zero-order valence-electron chi connectivity index (χ0n) is 10.2. The Morgan fingerprint density at radius 1 is 1.53 bits per heavy atom. The van der Waals surface area contributed by atoms with Gasteiger partial charge in [-0.2, -0.15) is 0 Å². The molecular formula is C13H11BrClNO2S. The zero-order chi connectivity index (χ0) is 13.8. The molecule has 2 aromatic rings. The summed E-state index contributed by atoms with van der Waals surface area (Å²) in [4.78, 5) is 15.8. The molecular weight excluding hydrogens is 350 g/mol. The maximum Gasteiger partial charge on any atom is 0.311 e. The molecule has 0 amide bonds. The van der Waals surface area contributed by atoms with Crippen molar-refractivity contribution in [2.24, 2.45) is 0 Å². The monoisotopic (exact) mass is 359 g/mol. The average Bonchev–Trinajstić information content (AvgIpc) is 2.81. The minimum absolute atomic E-state index is 0.207. The molecule has 0 radical (unpaired) electrons. The van der Waals surface area contributed by atoms with Crippen LogP contribution in [-0.2, 0) is 16.0 Å². The number of nitrogens with zero attached hydrogens (tertiary/aromatic N) is 1. The van der Waals surface area contributed by atoms with E-state index in [4.69, 9.17) is 16.3 Å². The van der Waals surface area contributed by atoms with Gasteiger partial charge in [0.05, 0.1) is 23.7 Å². The molecule has 0 aliphatic heterocycles. The molecule has 6 heteroatoms. The second-order valence-electron chi connectivity index (χ2n) is 3.75. The SMILES string of the molecule is CCOC(=O)Cc1csc(-c2ccc(Cl)c(Br)c2)n1. The van der Waals surface area contributed by atoms with Gasteiger partial charge in [0.15, 0.2) is 0 Å². The van der Waals surface area contributed by atoms with Crippen molar-refractivity contribution < 1.29 is 9.53 Å². The number of aromatic nitrogens is 1. The molecule has 0 atom stereocenters. The molecule has 0 aliphatic rings. The van der Waals surface area contributed by atoms with Crippen LogP contribution in [-0.4, -0.2) is 17.6 Å². The van der Waals surface area contributed by atoms with E-state index in [2.05, 4.69) is 20.9 Å².